The van der Waals surface area contributed by atoms with Gasteiger partial charge in [0.05, 0.1) is 10.6 Å². The number of hydrogen-bond acceptors (Lipinski definition) is 4. The highest BCUT2D eigenvalue weighted by atomic mass is 32.2. The van der Waals surface area contributed by atoms with Gasteiger partial charge in [0.15, 0.2) is 0 Å². The fraction of sp³-hybridized carbons (Fsp3) is 0.107. The van der Waals surface area contributed by atoms with Gasteiger partial charge in [-0.1, -0.05) is 48.5 Å². The first kappa shape index (κ1) is 24.0. The molecule has 0 aromatic heterocycles. The normalized spacial score (nSPS) is 11.0. The first-order valence-electron chi connectivity index (χ1n) is 11.2. The lowest BCUT2D eigenvalue weighted by atomic mass is 10.1. The average Bonchev–Trinajstić information content (AvgIpc) is 2.86. The van der Waals surface area contributed by atoms with Crippen LogP contribution in [0.5, 0.6) is 11.5 Å². The molecule has 35 heavy (non-hydrogen) atoms. The predicted octanol–water partition coefficient (Wildman–Crippen LogP) is 6.25. The molecule has 4 aromatic carbocycles. The smallest absolute Gasteiger partial charge is 0.264 e. The van der Waals surface area contributed by atoms with Crippen molar-refractivity contribution in [3.8, 4) is 11.5 Å². The first-order valence-corrected chi connectivity index (χ1v) is 12.7. The van der Waals surface area contributed by atoms with E-state index < -0.39 is 15.9 Å². The molecule has 0 bridgehead atoms. The highest BCUT2D eigenvalue weighted by Crippen LogP contribution is 2.27. The molecular weight excluding hydrogens is 460 g/mol. The van der Waals surface area contributed by atoms with Gasteiger partial charge < -0.3 is 10.1 Å². The standard InChI is InChI=1S/C28H26N2O4S/c1-3-30(24-12-6-4-7-13-24)35(32,33)27-19-22(18-17-21(27)2)28(31)29-23-11-10-16-26(20-23)34-25-14-8-5-9-15-25/h4-20H,3H2,1-2H3,(H,29,31). The van der Waals surface area contributed by atoms with Crippen molar-refractivity contribution < 1.29 is 17.9 Å². The second-order valence-electron chi connectivity index (χ2n) is 7.88. The van der Waals surface area contributed by atoms with Crippen LogP contribution < -0.4 is 14.4 Å². The van der Waals surface area contributed by atoms with Crippen molar-refractivity contribution in [3.05, 3.63) is 114 Å². The van der Waals surface area contributed by atoms with E-state index in [9.17, 15) is 13.2 Å². The summed E-state index contributed by atoms with van der Waals surface area (Å²) >= 11 is 0. The summed E-state index contributed by atoms with van der Waals surface area (Å²) in [4.78, 5) is 13.1. The van der Waals surface area contributed by atoms with Gasteiger partial charge in [0.2, 0.25) is 0 Å². The molecule has 1 amide bonds. The minimum Gasteiger partial charge on any atom is -0.457 e. The van der Waals surface area contributed by atoms with Crippen LogP contribution in [0, 0.1) is 6.92 Å². The number of para-hydroxylation sites is 2. The first-order chi connectivity index (χ1) is 16.9. The summed E-state index contributed by atoms with van der Waals surface area (Å²) in [6, 6.07) is 30.0. The van der Waals surface area contributed by atoms with Gasteiger partial charge in [-0.15, -0.1) is 0 Å². The third-order valence-electron chi connectivity index (χ3n) is 5.42. The van der Waals surface area contributed by atoms with E-state index in [1.807, 2.05) is 36.4 Å². The maximum absolute atomic E-state index is 13.5. The number of amides is 1. The van der Waals surface area contributed by atoms with Crippen LogP contribution in [0.4, 0.5) is 11.4 Å². The topological polar surface area (TPSA) is 75.7 Å². The minimum atomic E-state index is -3.87. The Hall–Kier alpha value is -4.10. The molecule has 0 aliphatic rings. The van der Waals surface area contributed by atoms with Gasteiger partial charge in [-0.3, -0.25) is 9.10 Å². The zero-order valence-electron chi connectivity index (χ0n) is 19.5. The van der Waals surface area contributed by atoms with Crippen molar-refractivity contribution in [3.63, 3.8) is 0 Å². The second kappa shape index (κ2) is 10.4. The maximum Gasteiger partial charge on any atom is 0.264 e. The van der Waals surface area contributed by atoms with E-state index in [-0.39, 0.29) is 17.0 Å². The Morgan fingerprint density at radius 1 is 0.829 bits per heavy atom. The van der Waals surface area contributed by atoms with Crippen LogP contribution in [0.25, 0.3) is 0 Å². The van der Waals surface area contributed by atoms with Gasteiger partial charge in [0, 0.05) is 23.9 Å². The van der Waals surface area contributed by atoms with Gasteiger partial charge in [0.25, 0.3) is 15.9 Å². The van der Waals surface area contributed by atoms with Gasteiger partial charge in [-0.05, 0) is 67.9 Å². The summed E-state index contributed by atoms with van der Waals surface area (Å²) < 4.78 is 34.2. The third-order valence-corrected chi connectivity index (χ3v) is 7.47. The number of carbonyl (C=O) groups excluding carboxylic acids is 1. The molecule has 0 aliphatic carbocycles. The number of sulfonamides is 1. The summed E-state index contributed by atoms with van der Waals surface area (Å²) in [7, 11) is -3.87. The zero-order valence-corrected chi connectivity index (χ0v) is 20.3. The van der Waals surface area contributed by atoms with E-state index in [4.69, 9.17) is 4.74 Å². The van der Waals surface area contributed by atoms with Crippen molar-refractivity contribution in [2.24, 2.45) is 0 Å². The van der Waals surface area contributed by atoms with Gasteiger partial charge in [-0.2, -0.15) is 0 Å². The second-order valence-corrected chi connectivity index (χ2v) is 9.71. The molecule has 4 aromatic rings. The Labute approximate surface area is 205 Å². The largest absolute Gasteiger partial charge is 0.457 e. The van der Waals surface area contributed by atoms with Crippen molar-refractivity contribution in [2.45, 2.75) is 18.7 Å². The van der Waals surface area contributed by atoms with Crippen LogP contribution in [0.3, 0.4) is 0 Å². The Balaban J connectivity index is 1.58. The molecule has 6 nitrogen and oxygen atoms in total. The molecule has 0 fully saturated rings. The fourth-order valence-corrected chi connectivity index (χ4v) is 5.42. The summed E-state index contributed by atoms with van der Waals surface area (Å²) in [5, 5.41) is 2.83. The molecule has 0 saturated heterocycles. The molecule has 0 unspecified atom stereocenters. The number of ether oxygens (including phenoxy) is 1. The van der Waals surface area contributed by atoms with Gasteiger partial charge in [0.1, 0.15) is 11.5 Å². The summed E-state index contributed by atoms with van der Waals surface area (Å²) in [5.74, 6) is 0.840. The van der Waals surface area contributed by atoms with E-state index in [0.717, 1.165) is 0 Å². The number of carbonyl (C=O) groups is 1. The van der Waals surface area contributed by atoms with Crippen molar-refractivity contribution in [1.29, 1.82) is 0 Å². The Morgan fingerprint density at radius 2 is 1.49 bits per heavy atom. The minimum absolute atomic E-state index is 0.0945. The zero-order chi connectivity index (χ0) is 24.8. The van der Waals surface area contributed by atoms with Crippen LogP contribution in [0.1, 0.15) is 22.8 Å². The van der Waals surface area contributed by atoms with E-state index in [0.29, 0.717) is 28.4 Å². The van der Waals surface area contributed by atoms with E-state index in [1.165, 1.54) is 10.4 Å². The lowest BCUT2D eigenvalue weighted by Gasteiger charge is -2.24. The van der Waals surface area contributed by atoms with Crippen molar-refractivity contribution in [1.82, 2.24) is 0 Å². The lowest BCUT2D eigenvalue weighted by Crippen LogP contribution is -2.31. The summed E-state index contributed by atoms with van der Waals surface area (Å²) in [6.45, 7) is 3.76. The Kier molecular flexibility index (Phi) is 7.17. The number of aryl methyl sites for hydroxylation is 1. The number of nitrogens with one attached hydrogen (secondary N) is 1. The lowest BCUT2D eigenvalue weighted by molar-refractivity contribution is 0.102. The molecule has 1 N–H and O–H groups in total. The maximum atomic E-state index is 13.5. The van der Waals surface area contributed by atoms with E-state index >= 15 is 0 Å². The Bertz CT molecular complexity index is 1420. The molecule has 0 radical (unpaired) electrons. The molecule has 0 saturated carbocycles. The molecule has 4 rings (SSSR count). The predicted molar refractivity (Wildman–Crippen MR) is 139 cm³/mol. The monoisotopic (exact) mass is 486 g/mol. The number of hydrogen-bond donors (Lipinski definition) is 1. The average molecular weight is 487 g/mol. The SMILES string of the molecule is CCN(c1ccccc1)S(=O)(=O)c1cc(C(=O)Nc2cccc(Oc3ccccc3)c2)ccc1C. The van der Waals surface area contributed by atoms with Gasteiger partial charge in [-0.25, -0.2) is 8.42 Å². The number of benzene rings is 4. The molecule has 7 heteroatoms. The molecule has 0 atom stereocenters. The van der Waals surface area contributed by atoms with E-state index in [1.54, 1.807) is 74.5 Å². The summed E-state index contributed by atoms with van der Waals surface area (Å²) in [5.41, 5.74) is 1.91. The Morgan fingerprint density at radius 3 is 2.17 bits per heavy atom. The van der Waals surface area contributed by atoms with Crippen LogP contribution in [0.2, 0.25) is 0 Å². The molecule has 178 valence electrons. The number of nitrogens with zero attached hydrogens (tertiary/aromatic N) is 1. The summed E-state index contributed by atoms with van der Waals surface area (Å²) in [6.07, 6.45) is 0. The van der Waals surface area contributed by atoms with Crippen LogP contribution in [0.15, 0.2) is 108 Å². The molecule has 0 aliphatic heterocycles. The third kappa shape index (κ3) is 5.53. The van der Waals surface area contributed by atoms with Crippen LogP contribution in [-0.4, -0.2) is 20.9 Å². The van der Waals surface area contributed by atoms with E-state index in [2.05, 4.69) is 5.32 Å². The highest BCUT2D eigenvalue weighted by molar-refractivity contribution is 7.92. The van der Waals surface area contributed by atoms with Crippen LogP contribution >= 0.6 is 0 Å². The van der Waals surface area contributed by atoms with Gasteiger partial charge >= 0.3 is 0 Å². The number of rotatable bonds is 8. The molecule has 0 spiro atoms. The van der Waals surface area contributed by atoms with Crippen molar-refractivity contribution >= 4 is 27.3 Å². The molecular formula is C28H26N2O4S. The fourth-order valence-electron chi connectivity index (χ4n) is 3.69. The highest BCUT2D eigenvalue weighted by Gasteiger charge is 2.26. The van der Waals surface area contributed by atoms with Crippen molar-refractivity contribution in [2.75, 3.05) is 16.2 Å². The number of anilines is 2. The molecule has 0 heterocycles. The quantitative estimate of drug-likeness (QED) is 0.319. The van der Waals surface area contributed by atoms with Crippen LogP contribution in [-0.2, 0) is 10.0 Å².